The van der Waals surface area contributed by atoms with Crippen LogP contribution in [0.15, 0.2) is 24.5 Å². The van der Waals surface area contributed by atoms with Gasteiger partial charge in [-0.1, -0.05) is 6.07 Å². The molecule has 0 aliphatic carbocycles. The van der Waals surface area contributed by atoms with Crippen molar-refractivity contribution >= 4 is 17.4 Å². The van der Waals surface area contributed by atoms with E-state index in [4.69, 9.17) is 5.11 Å². The van der Waals surface area contributed by atoms with Gasteiger partial charge < -0.3 is 9.51 Å². The maximum atomic E-state index is 8.68. The van der Waals surface area contributed by atoms with Gasteiger partial charge in [-0.15, -0.1) is 0 Å². The minimum absolute atomic E-state index is 0.275. The minimum Gasteiger partial charge on any atom is -0.396 e. The summed E-state index contributed by atoms with van der Waals surface area (Å²) in [6, 6.07) is 4.11. The molecule has 4 heteroatoms. The number of rotatable bonds is 5. The molecule has 0 unspecified atom stereocenters. The first-order valence-corrected chi connectivity index (χ1v) is 6.58. The van der Waals surface area contributed by atoms with E-state index in [1.54, 1.807) is 0 Å². The van der Waals surface area contributed by atoms with Crippen molar-refractivity contribution in [3.05, 3.63) is 35.8 Å². The van der Waals surface area contributed by atoms with Crippen molar-refractivity contribution in [2.24, 2.45) is 0 Å². The number of hydrogen-bond acceptors (Lipinski definition) is 3. The molecule has 86 valence electrons. The van der Waals surface area contributed by atoms with Gasteiger partial charge in [0.2, 0.25) is 0 Å². The van der Waals surface area contributed by atoms with Crippen molar-refractivity contribution in [1.82, 2.24) is 9.38 Å². The molecule has 2 aromatic heterocycles. The van der Waals surface area contributed by atoms with Crippen LogP contribution >= 0.6 is 11.8 Å². The Morgan fingerprint density at radius 2 is 2.38 bits per heavy atom. The van der Waals surface area contributed by atoms with E-state index in [0.717, 1.165) is 29.3 Å². The van der Waals surface area contributed by atoms with Gasteiger partial charge in [-0.2, -0.15) is 11.8 Å². The Morgan fingerprint density at radius 3 is 3.12 bits per heavy atom. The quantitative estimate of drug-likeness (QED) is 0.809. The lowest BCUT2D eigenvalue weighted by molar-refractivity contribution is 0.296. The van der Waals surface area contributed by atoms with Crippen LogP contribution in [-0.2, 0) is 5.75 Å². The molecule has 0 aliphatic rings. The molecular formula is C12H16N2OS. The second kappa shape index (κ2) is 5.37. The van der Waals surface area contributed by atoms with Crippen LogP contribution in [0, 0.1) is 6.92 Å². The van der Waals surface area contributed by atoms with Crippen LogP contribution in [0.2, 0.25) is 0 Å². The number of nitrogens with zero attached hydrogens (tertiary/aromatic N) is 2. The molecule has 3 nitrogen and oxygen atoms in total. The number of pyridine rings is 1. The fourth-order valence-electron chi connectivity index (χ4n) is 1.62. The molecule has 0 radical (unpaired) electrons. The van der Waals surface area contributed by atoms with Gasteiger partial charge in [0.1, 0.15) is 5.65 Å². The molecule has 2 rings (SSSR count). The first kappa shape index (κ1) is 11.5. The molecule has 0 spiro atoms. The van der Waals surface area contributed by atoms with Gasteiger partial charge in [0, 0.05) is 24.8 Å². The van der Waals surface area contributed by atoms with E-state index in [2.05, 4.69) is 28.6 Å². The van der Waals surface area contributed by atoms with E-state index >= 15 is 0 Å². The molecule has 0 fully saturated rings. The lowest BCUT2D eigenvalue weighted by Crippen LogP contribution is -1.87. The fraction of sp³-hybridized carbons (Fsp3) is 0.417. The van der Waals surface area contributed by atoms with Gasteiger partial charge >= 0.3 is 0 Å². The number of aliphatic hydroxyl groups excluding tert-OH is 1. The first-order valence-electron chi connectivity index (χ1n) is 5.43. The van der Waals surface area contributed by atoms with Crippen molar-refractivity contribution < 1.29 is 5.11 Å². The van der Waals surface area contributed by atoms with Crippen LogP contribution in [0.5, 0.6) is 0 Å². The Balaban J connectivity index is 2.05. The summed E-state index contributed by atoms with van der Waals surface area (Å²) in [4.78, 5) is 4.59. The number of aryl methyl sites for hydroxylation is 1. The van der Waals surface area contributed by atoms with E-state index in [1.807, 2.05) is 24.0 Å². The fourth-order valence-corrected chi connectivity index (χ4v) is 2.44. The summed E-state index contributed by atoms with van der Waals surface area (Å²) in [5, 5.41) is 8.68. The molecule has 0 atom stereocenters. The van der Waals surface area contributed by atoms with Crippen LogP contribution in [0.25, 0.3) is 5.65 Å². The van der Waals surface area contributed by atoms with Gasteiger partial charge in [-0.25, -0.2) is 4.98 Å². The van der Waals surface area contributed by atoms with Crippen LogP contribution in [-0.4, -0.2) is 26.9 Å². The van der Waals surface area contributed by atoms with E-state index in [0.29, 0.717) is 0 Å². The third-order valence-electron chi connectivity index (χ3n) is 2.42. The summed E-state index contributed by atoms with van der Waals surface area (Å²) in [5.74, 6) is 1.91. The molecule has 0 aromatic carbocycles. The molecule has 16 heavy (non-hydrogen) atoms. The Bertz CT molecular complexity index is 467. The third-order valence-corrected chi connectivity index (χ3v) is 3.50. The van der Waals surface area contributed by atoms with Crippen molar-refractivity contribution in [2.75, 3.05) is 12.4 Å². The highest BCUT2D eigenvalue weighted by Crippen LogP contribution is 2.15. The zero-order valence-electron chi connectivity index (χ0n) is 9.39. The summed E-state index contributed by atoms with van der Waals surface area (Å²) in [5.41, 5.74) is 3.35. The van der Waals surface area contributed by atoms with Crippen molar-refractivity contribution in [3.63, 3.8) is 0 Å². The first-order chi connectivity index (χ1) is 7.81. The van der Waals surface area contributed by atoms with E-state index in [1.165, 1.54) is 5.56 Å². The molecule has 2 heterocycles. The largest absolute Gasteiger partial charge is 0.396 e. The topological polar surface area (TPSA) is 37.5 Å². The van der Waals surface area contributed by atoms with Crippen LogP contribution in [0.3, 0.4) is 0 Å². The maximum Gasteiger partial charge on any atom is 0.139 e. The maximum absolute atomic E-state index is 8.68. The molecule has 0 aliphatic heterocycles. The predicted molar refractivity (Wildman–Crippen MR) is 67.8 cm³/mol. The summed E-state index contributed by atoms with van der Waals surface area (Å²) < 4.78 is 2.07. The Hall–Kier alpha value is -1.00. The smallest absolute Gasteiger partial charge is 0.139 e. The van der Waals surface area contributed by atoms with Crippen LogP contribution in [0.4, 0.5) is 0 Å². The number of aliphatic hydroxyl groups is 1. The van der Waals surface area contributed by atoms with Gasteiger partial charge in [-0.05, 0) is 30.7 Å². The minimum atomic E-state index is 0.275. The highest BCUT2D eigenvalue weighted by molar-refractivity contribution is 7.98. The van der Waals surface area contributed by atoms with Gasteiger partial charge in [-0.3, -0.25) is 0 Å². The molecule has 1 N–H and O–H groups in total. The average molecular weight is 236 g/mol. The van der Waals surface area contributed by atoms with Crippen molar-refractivity contribution in [1.29, 1.82) is 0 Å². The normalized spacial score (nSPS) is 11.1. The lowest BCUT2D eigenvalue weighted by atomic mass is 10.3. The molecule has 0 saturated carbocycles. The predicted octanol–water partition coefficient (Wildman–Crippen LogP) is 2.26. The zero-order chi connectivity index (χ0) is 11.4. The third kappa shape index (κ3) is 2.57. The molecule has 2 aromatic rings. The van der Waals surface area contributed by atoms with Crippen molar-refractivity contribution in [3.8, 4) is 0 Å². The highest BCUT2D eigenvalue weighted by atomic mass is 32.2. The SMILES string of the molecule is Cc1cccn2cc(CSCCCO)nc12. The number of imidazole rings is 1. The second-order valence-electron chi connectivity index (χ2n) is 3.78. The van der Waals surface area contributed by atoms with Gasteiger partial charge in [0.15, 0.2) is 0 Å². The zero-order valence-corrected chi connectivity index (χ0v) is 10.2. The summed E-state index contributed by atoms with van der Waals surface area (Å²) in [6.45, 7) is 2.35. The molecule has 0 saturated heterocycles. The molecule has 0 amide bonds. The number of fused-ring (bicyclic) bond motifs is 1. The monoisotopic (exact) mass is 236 g/mol. The molecular weight excluding hydrogens is 220 g/mol. The Morgan fingerprint density at radius 1 is 1.50 bits per heavy atom. The van der Waals surface area contributed by atoms with Crippen LogP contribution < -0.4 is 0 Å². The van der Waals surface area contributed by atoms with Crippen molar-refractivity contribution in [2.45, 2.75) is 19.1 Å². The van der Waals surface area contributed by atoms with E-state index < -0.39 is 0 Å². The van der Waals surface area contributed by atoms with Gasteiger partial charge in [0.25, 0.3) is 0 Å². The lowest BCUT2D eigenvalue weighted by Gasteiger charge is -1.95. The second-order valence-corrected chi connectivity index (χ2v) is 4.89. The number of hydrogen-bond donors (Lipinski definition) is 1. The Labute approximate surface area is 99.5 Å². The number of thioether (sulfide) groups is 1. The number of aromatic nitrogens is 2. The highest BCUT2D eigenvalue weighted by Gasteiger charge is 2.03. The van der Waals surface area contributed by atoms with E-state index in [9.17, 15) is 0 Å². The summed E-state index contributed by atoms with van der Waals surface area (Å²) >= 11 is 1.82. The summed E-state index contributed by atoms with van der Waals surface area (Å²) in [7, 11) is 0. The Kier molecular flexibility index (Phi) is 3.85. The van der Waals surface area contributed by atoms with Crippen LogP contribution in [0.1, 0.15) is 17.7 Å². The average Bonchev–Trinajstić information content (AvgIpc) is 2.69. The van der Waals surface area contributed by atoms with Gasteiger partial charge in [0.05, 0.1) is 5.69 Å². The molecule has 0 bridgehead atoms. The summed E-state index contributed by atoms with van der Waals surface area (Å²) in [6.07, 6.45) is 4.96. The van der Waals surface area contributed by atoms with E-state index in [-0.39, 0.29) is 6.61 Å². The standard InChI is InChI=1S/C12H16N2OS/c1-10-4-2-5-14-8-11(13-12(10)14)9-16-7-3-6-15/h2,4-5,8,15H,3,6-7,9H2,1H3.